The molecule has 0 unspecified atom stereocenters. The van der Waals surface area contributed by atoms with Crippen molar-refractivity contribution in [1.29, 1.82) is 0 Å². The van der Waals surface area contributed by atoms with Gasteiger partial charge in [-0.2, -0.15) is 0 Å². The largest absolute Gasteiger partial charge is 0.478 e. The summed E-state index contributed by atoms with van der Waals surface area (Å²) >= 11 is 0. The Kier molecular flexibility index (Phi) is 4.20. The molecule has 1 aromatic rings. The maximum Gasteiger partial charge on any atom is 0.337 e. The average molecular weight is 249 g/mol. The lowest BCUT2D eigenvalue weighted by atomic mass is 9.96. The van der Waals surface area contributed by atoms with Gasteiger partial charge in [-0.05, 0) is 12.1 Å². The highest BCUT2D eigenvalue weighted by Gasteiger charge is 2.19. The molecule has 3 N–H and O–H groups in total. The predicted molar refractivity (Wildman–Crippen MR) is 67.1 cm³/mol. The summed E-state index contributed by atoms with van der Waals surface area (Å²) in [5, 5.41) is 9.02. The number of ketones is 2. The van der Waals surface area contributed by atoms with Gasteiger partial charge in [-0.3, -0.25) is 9.59 Å². The fraction of sp³-hybridized carbons (Fsp3) is 0.308. The third-order valence-corrected chi connectivity index (χ3v) is 2.68. The second-order valence-corrected chi connectivity index (χ2v) is 3.84. The van der Waals surface area contributed by atoms with Crippen LogP contribution >= 0.6 is 0 Å². The number of carboxylic acids is 1. The van der Waals surface area contributed by atoms with Gasteiger partial charge in [0.15, 0.2) is 11.6 Å². The fourth-order valence-electron chi connectivity index (χ4n) is 1.62. The molecule has 0 saturated heterocycles. The number of benzene rings is 1. The molecule has 5 nitrogen and oxygen atoms in total. The molecule has 0 aliphatic carbocycles. The second-order valence-electron chi connectivity index (χ2n) is 3.84. The summed E-state index contributed by atoms with van der Waals surface area (Å²) < 4.78 is 0. The predicted octanol–water partition coefficient (Wildman–Crippen LogP) is 2.15. The summed E-state index contributed by atoms with van der Waals surface area (Å²) in [4.78, 5) is 34.4. The van der Waals surface area contributed by atoms with E-state index in [1.54, 1.807) is 13.8 Å². The van der Waals surface area contributed by atoms with Crippen molar-refractivity contribution in [3.8, 4) is 0 Å². The molecule has 1 rings (SSSR count). The van der Waals surface area contributed by atoms with E-state index in [2.05, 4.69) is 0 Å². The van der Waals surface area contributed by atoms with Crippen LogP contribution in [0.3, 0.4) is 0 Å². The first-order valence-corrected chi connectivity index (χ1v) is 5.65. The Morgan fingerprint density at radius 3 is 2.00 bits per heavy atom. The van der Waals surface area contributed by atoms with Crippen molar-refractivity contribution in [3.63, 3.8) is 0 Å². The molecule has 0 radical (unpaired) electrons. The quantitative estimate of drug-likeness (QED) is 0.615. The summed E-state index contributed by atoms with van der Waals surface area (Å²) in [5.74, 6) is -1.74. The minimum atomic E-state index is -1.25. The normalized spacial score (nSPS) is 10.1. The molecule has 0 aliphatic heterocycles. The monoisotopic (exact) mass is 249 g/mol. The Balaban J connectivity index is 3.51. The number of rotatable bonds is 5. The highest BCUT2D eigenvalue weighted by Crippen LogP contribution is 2.23. The maximum absolute atomic E-state index is 11.7. The van der Waals surface area contributed by atoms with Gasteiger partial charge in [-0.25, -0.2) is 4.79 Å². The van der Waals surface area contributed by atoms with Crippen LogP contribution in [0.2, 0.25) is 0 Å². The van der Waals surface area contributed by atoms with Crippen LogP contribution in [-0.4, -0.2) is 22.6 Å². The third kappa shape index (κ3) is 2.56. The second kappa shape index (κ2) is 5.44. The van der Waals surface area contributed by atoms with Crippen molar-refractivity contribution in [2.75, 3.05) is 5.73 Å². The fourth-order valence-corrected chi connectivity index (χ4v) is 1.62. The molecule has 0 fully saturated rings. The van der Waals surface area contributed by atoms with Crippen LogP contribution in [0.4, 0.5) is 5.69 Å². The first kappa shape index (κ1) is 13.9. The van der Waals surface area contributed by atoms with E-state index in [0.29, 0.717) is 0 Å². The molecule has 0 aliphatic rings. The lowest BCUT2D eigenvalue weighted by Crippen LogP contribution is -2.12. The zero-order valence-corrected chi connectivity index (χ0v) is 10.3. The van der Waals surface area contributed by atoms with Gasteiger partial charge in [0.05, 0.1) is 11.3 Å². The number of aromatic carboxylic acids is 1. The van der Waals surface area contributed by atoms with E-state index in [4.69, 9.17) is 10.8 Å². The van der Waals surface area contributed by atoms with E-state index in [0.717, 1.165) is 0 Å². The molecule has 18 heavy (non-hydrogen) atoms. The van der Waals surface area contributed by atoms with Crippen LogP contribution in [0, 0.1) is 0 Å². The number of Topliss-reactive ketones (excluding diaryl/α,β-unsaturated/α-hetero) is 2. The summed E-state index contributed by atoms with van der Waals surface area (Å²) in [6, 6.07) is 2.59. The number of carbonyl (C=O) groups is 3. The highest BCUT2D eigenvalue weighted by atomic mass is 16.4. The Hall–Kier alpha value is -2.17. The molecule has 96 valence electrons. The van der Waals surface area contributed by atoms with Crippen molar-refractivity contribution in [2.24, 2.45) is 0 Å². The summed E-state index contributed by atoms with van der Waals surface area (Å²) in [5.41, 5.74) is 5.69. The number of hydrogen-bond acceptors (Lipinski definition) is 4. The highest BCUT2D eigenvalue weighted by molar-refractivity contribution is 6.09. The van der Waals surface area contributed by atoms with Crippen LogP contribution < -0.4 is 5.73 Å². The van der Waals surface area contributed by atoms with Gasteiger partial charge in [0.1, 0.15) is 0 Å². The van der Waals surface area contributed by atoms with Crippen LogP contribution in [0.25, 0.3) is 0 Å². The van der Waals surface area contributed by atoms with E-state index < -0.39 is 5.97 Å². The minimum absolute atomic E-state index is 0.0815. The number of hydrogen-bond donors (Lipinski definition) is 2. The van der Waals surface area contributed by atoms with Crippen molar-refractivity contribution in [3.05, 3.63) is 28.8 Å². The standard InChI is InChI=1S/C13H15NO4/c1-3-10(15)7-5-8(11(16)4-2)12(14)9(6-7)13(17)18/h5-6H,3-4,14H2,1-2H3,(H,17,18). The van der Waals surface area contributed by atoms with Gasteiger partial charge < -0.3 is 10.8 Å². The van der Waals surface area contributed by atoms with Crippen LogP contribution in [0.1, 0.15) is 57.8 Å². The van der Waals surface area contributed by atoms with E-state index in [1.165, 1.54) is 12.1 Å². The maximum atomic E-state index is 11.7. The number of anilines is 1. The first-order valence-electron chi connectivity index (χ1n) is 5.65. The van der Waals surface area contributed by atoms with Crippen LogP contribution in [-0.2, 0) is 0 Å². The van der Waals surface area contributed by atoms with Crippen molar-refractivity contribution in [1.82, 2.24) is 0 Å². The van der Waals surface area contributed by atoms with Crippen molar-refractivity contribution < 1.29 is 19.5 Å². The SMILES string of the molecule is CCC(=O)c1cc(C(=O)O)c(N)c(C(=O)CC)c1. The molecule has 0 heterocycles. The molecule has 0 saturated carbocycles. The average Bonchev–Trinajstić information content (AvgIpc) is 2.36. The molecule has 0 spiro atoms. The van der Waals surface area contributed by atoms with Gasteiger partial charge in [0.2, 0.25) is 0 Å². The van der Waals surface area contributed by atoms with Crippen molar-refractivity contribution >= 4 is 23.2 Å². The zero-order valence-electron chi connectivity index (χ0n) is 10.3. The lowest BCUT2D eigenvalue weighted by Gasteiger charge is -2.09. The molecule has 1 aromatic carbocycles. The molecular formula is C13H15NO4. The Morgan fingerprint density at radius 2 is 1.56 bits per heavy atom. The number of carboxylic acid groups (broad SMARTS) is 1. The van der Waals surface area contributed by atoms with E-state index >= 15 is 0 Å². The Labute approximate surface area is 105 Å². The third-order valence-electron chi connectivity index (χ3n) is 2.68. The Morgan fingerprint density at radius 1 is 1.06 bits per heavy atom. The Bertz CT molecular complexity index is 520. The molecule has 0 amide bonds. The van der Waals surface area contributed by atoms with Gasteiger partial charge >= 0.3 is 5.97 Å². The van der Waals surface area contributed by atoms with E-state index in [9.17, 15) is 14.4 Å². The van der Waals surface area contributed by atoms with Crippen LogP contribution in [0.15, 0.2) is 12.1 Å². The van der Waals surface area contributed by atoms with Gasteiger partial charge in [0, 0.05) is 24.0 Å². The molecule has 0 atom stereocenters. The summed E-state index contributed by atoms with van der Waals surface area (Å²) in [7, 11) is 0. The zero-order chi connectivity index (χ0) is 13.9. The summed E-state index contributed by atoms with van der Waals surface area (Å²) in [6.45, 7) is 3.32. The molecular weight excluding hydrogens is 234 g/mol. The molecule has 0 aromatic heterocycles. The number of nitrogen functional groups attached to an aromatic ring is 1. The summed E-state index contributed by atoms with van der Waals surface area (Å²) in [6.07, 6.45) is 0.440. The van der Waals surface area contributed by atoms with E-state index in [1.807, 2.05) is 0 Å². The van der Waals surface area contributed by atoms with Gasteiger partial charge in [0.25, 0.3) is 0 Å². The smallest absolute Gasteiger partial charge is 0.337 e. The molecule has 5 heteroatoms. The number of carbonyl (C=O) groups excluding carboxylic acids is 2. The van der Waals surface area contributed by atoms with E-state index in [-0.39, 0.29) is 46.8 Å². The topological polar surface area (TPSA) is 97.5 Å². The van der Waals surface area contributed by atoms with Gasteiger partial charge in [-0.15, -0.1) is 0 Å². The van der Waals surface area contributed by atoms with Crippen LogP contribution in [0.5, 0.6) is 0 Å². The first-order chi connectivity index (χ1) is 8.42. The van der Waals surface area contributed by atoms with Gasteiger partial charge in [-0.1, -0.05) is 13.8 Å². The minimum Gasteiger partial charge on any atom is -0.478 e. The lowest BCUT2D eigenvalue weighted by molar-refractivity contribution is 0.0698. The van der Waals surface area contributed by atoms with Crippen molar-refractivity contribution in [2.45, 2.75) is 26.7 Å². The molecule has 0 bridgehead atoms. The number of nitrogens with two attached hydrogens (primary N) is 1.